The minimum atomic E-state index is -0.376. The average molecular weight is 595 g/mol. The van der Waals surface area contributed by atoms with E-state index in [1.807, 2.05) is 30.3 Å². The van der Waals surface area contributed by atoms with Crippen molar-refractivity contribution in [3.63, 3.8) is 0 Å². The van der Waals surface area contributed by atoms with Gasteiger partial charge in [0, 0.05) is 47.8 Å². The van der Waals surface area contributed by atoms with Gasteiger partial charge in [0.05, 0.1) is 10.7 Å². The van der Waals surface area contributed by atoms with E-state index in [1.165, 1.54) is 5.56 Å². The van der Waals surface area contributed by atoms with Crippen LogP contribution in [0.15, 0.2) is 77.7 Å². The molecule has 1 heterocycles. The van der Waals surface area contributed by atoms with Gasteiger partial charge >= 0.3 is 0 Å². The second-order valence-electron chi connectivity index (χ2n) is 9.41. The number of carbonyl (C=O) groups is 2. The zero-order chi connectivity index (χ0) is 25.2. The van der Waals surface area contributed by atoms with Crippen molar-refractivity contribution in [3.05, 3.63) is 92.4 Å². The third-order valence-corrected chi connectivity index (χ3v) is 8.00. The Hall–Kier alpha value is -2.87. The molecule has 1 aliphatic heterocycles. The minimum absolute atomic E-state index is 0.144. The molecule has 36 heavy (non-hydrogen) atoms. The largest absolute Gasteiger partial charge is 0.493 e. The second kappa shape index (κ2) is 10.6. The van der Waals surface area contributed by atoms with Crippen molar-refractivity contribution in [3.8, 4) is 11.5 Å². The third-order valence-electron chi connectivity index (χ3n) is 7.20. The Bertz CT molecular complexity index is 1230. The van der Waals surface area contributed by atoms with Crippen molar-refractivity contribution in [1.29, 1.82) is 0 Å². The zero-order valence-corrected chi connectivity index (χ0v) is 22.7. The van der Waals surface area contributed by atoms with Crippen LogP contribution in [0.4, 0.5) is 0 Å². The molecule has 0 N–H and O–H groups in total. The third kappa shape index (κ3) is 4.51. The highest BCUT2D eigenvalue weighted by atomic mass is 127. The first-order chi connectivity index (χ1) is 17.5. The maximum absolute atomic E-state index is 13.6. The van der Waals surface area contributed by atoms with Crippen LogP contribution in [0.5, 0.6) is 11.5 Å². The number of rotatable bonds is 7. The first-order valence-corrected chi connectivity index (χ1v) is 13.6. The van der Waals surface area contributed by atoms with Gasteiger partial charge in [0.15, 0.2) is 23.1 Å². The molecule has 5 nitrogen and oxygen atoms in total. The Morgan fingerprint density at radius 3 is 2.22 bits per heavy atom. The fourth-order valence-corrected chi connectivity index (χ4v) is 6.48. The Morgan fingerprint density at radius 2 is 1.64 bits per heavy atom. The molecule has 0 fully saturated rings. The Labute approximate surface area is 226 Å². The standard InChI is InChI=1S/C30H30INO4/c1-3-15-36-30-21(31)16-20(17-26(30)35-2)27-28-22(11-7-13-24(28)33)32(18-19-9-5-4-6-10-19)23-12-8-14-25(34)29(23)27/h3-6,9-10,16-17,27H,1,7-8,11-15,18H2,2H3. The fourth-order valence-electron chi connectivity index (χ4n) is 5.70. The van der Waals surface area contributed by atoms with E-state index in [0.29, 0.717) is 37.5 Å². The van der Waals surface area contributed by atoms with Crippen LogP contribution in [0.2, 0.25) is 0 Å². The molecule has 5 rings (SSSR count). The number of carbonyl (C=O) groups excluding carboxylic acids is 2. The van der Waals surface area contributed by atoms with Crippen LogP contribution < -0.4 is 9.47 Å². The van der Waals surface area contributed by atoms with Crippen molar-refractivity contribution in [2.24, 2.45) is 0 Å². The van der Waals surface area contributed by atoms with Gasteiger partial charge in [-0.25, -0.2) is 0 Å². The molecule has 0 saturated heterocycles. The predicted octanol–water partition coefficient (Wildman–Crippen LogP) is 6.48. The lowest BCUT2D eigenvalue weighted by Crippen LogP contribution is -2.38. The van der Waals surface area contributed by atoms with Crippen LogP contribution in [0, 0.1) is 3.57 Å². The Morgan fingerprint density at radius 1 is 1.00 bits per heavy atom. The molecule has 0 unspecified atom stereocenters. The number of hydrogen-bond acceptors (Lipinski definition) is 5. The maximum Gasteiger partial charge on any atom is 0.174 e. The highest BCUT2D eigenvalue weighted by molar-refractivity contribution is 14.1. The molecule has 0 aromatic heterocycles. The predicted molar refractivity (Wildman–Crippen MR) is 148 cm³/mol. The Balaban J connectivity index is 1.69. The number of Topliss-reactive ketones (excluding diaryl/α,β-unsaturated/α-hetero) is 2. The number of halogens is 1. The first-order valence-electron chi connectivity index (χ1n) is 12.5. The van der Waals surface area contributed by atoms with Crippen LogP contribution in [-0.2, 0) is 16.1 Å². The molecular formula is C30H30INO4. The van der Waals surface area contributed by atoms with Gasteiger partial charge in [-0.3, -0.25) is 9.59 Å². The van der Waals surface area contributed by atoms with E-state index in [-0.39, 0.29) is 17.5 Å². The number of benzene rings is 2. The van der Waals surface area contributed by atoms with Crippen LogP contribution >= 0.6 is 22.6 Å². The molecule has 0 spiro atoms. The summed E-state index contributed by atoms with van der Waals surface area (Å²) in [7, 11) is 1.62. The quantitative estimate of drug-likeness (QED) is 0.271. The Kier molecular flexibility index (Phi) is 7.32. The van der Waals surface area contributed by atoms with Gasteiger partial charge in [-0.1, -0.05) is 43.0 Å². The molecule has 0 amide bonds. The number of methoxy groups -OCH3 is 1. The molecule has 6 heteroatoms. The molecule has 2 aromatic rings. The summed E-state index contributed by atoms with van der Waals surface area (Å²) in [5.74, 6) is 1.16. The summed E-state index contributed by atoms with van der Waals surface area (Å²) in [6.45, 7) is 4.77. The maximum atomic E-state index is 13.6. The molecule has 2 aromatic carbocycles. The van der Waals surface area contributed by atoms with E-state index in [9.17, 15) is 9.59 Å². The highest BCUT2D eigenvalue weighted by Crippen LogP contribution is 2.51. The average Bonchev–Trinajstić information content (AvgIpc) is 2.89. The number of hydrogen-bond donors (Lipinski definition) is 0. The molecule has 2 aliphatic carbocycles. The van der Waals surface area contributed by atoms with E-state index >= 15 is 0 Å². The van der Waals surface area contributed by atoms with Crippen molar-refractivity contribution in [2.75, 3.05) is 13.7 Å². The van der Waals surface area contributed by atoms with Gasteiger partial charge in [0.1, 0.15) is 6.61 Å². The smallest absolute Gasteiger partial charge is 0.174 e. The minimum Gasteiger partial charge on any atom is -0.493 e. The molecule has 3 aliphatic rings. The number of allylic oxidation sites excluding steroid dienone is 4. The van der Waals surface area contributed by atoms with Gasteiger partial charge in [0.25, 0.3) is 0 Å². The fraction of sp³-hybridized carbons (Fsp3) is 0.333. The lowest BCUT2D eigenvalue weighted by atomic mass is 9.71. The molecule has 186 valence electrons. The van der Waals surface area contributed by atoms with Gasteiger partial charge in [-0.15, -0.1) is 0 Å². The van der Waals surface area contributed by atoms with E-state index in [1.54, 1.807) is 13.2 Å². The van der Waals surface area contributed by atoms with E-state index in [4.69, 9.17) is 9.47 Å². The second-order valence-corrected chi connectivity index (χ2v) is 10.6. The van der Waals surface area contributed by atoms with Crippen LogP contribution in [0.3, 0.4) is 0 Å². The van der Waals surface area contributed by atoms with Gasteiger partial charge in [-0.2, -0.15) is 0 Å². The normalized spacial score (nSPS) is 18.2. The van der Waals surface area contributed by atoms with Crippen molar-refractivity contribution in [2.45, 2.75) is 51.0 Å². The van der Waals surface area contributed by atoms with Crippen LogP contribution in [0.25, 0.3) is 0 Å². The highest BCUT2D eigenvalue weighted by Gasteiger charge is 2.43. The van der Waals surface area contributed by atoms with Gasteiger partial charge in [0.2, 0.25) is 0 Å². The summed E-state index contributed by atoms with van der Waals surface area (Å²) in [5.41, 5.74) is 5.80. The summed E-state index contributed by atoms with van der Waals surface area (Å²) in [4.78, 5) is 29.4. The van der Waals surface area contributed by atoms with Crippen molar-refractivity contribution in [1.82, 2.24) is 4.90 Å². The summed E-state index contributed by atoms with van der Waals surface area (Å²) >= 11 is 2.24. The van der Waals surface area contributed by atoms with Crippen molar-refractivity contribution < 1.29 is 19.1 Å². The van der Waals surface area contributed by atoms with Crippen LogP contribution in [0.1, 0.15) is 55.6 Å². The topological polar surface area (TPSA) is 55.8 Å². The van der Waals surface area contributed by atoms with E-state index in [0.717, 1.165) is 57.4 Å². The van der Waals surface area contributed by atoms with Crippen molar-refractivity contribution >= 4 is 34.2 Å². The first kappa shape index (κ1) is 24.8. The molecule has 0 radical (unpaired) electrons. The lowest BCUT2D eigenvalue weighted by Gasteiger charge is -2.44. The molecular weight excluding hydrogens is 565 g/mol. The molecule has 0 saturated carbocycles. The van der Waals surface area contributed by atoms with Gasteiger partial charge in [-0.05, 0) is 71.5 Å². The summed E-state index contributed by atoms with van der Waals surface area (Å²) in [5, 5.41) is 0. The van der Waals surface area contributed by atoms with E-state index in [2.05, 4.69) is 46.2 Å². The lowest BCUT2D eigenvalue weighted by molar-refractivity contribution is -0.117. The zero-order valence-electron chi connectivity index (χ0n) is 20.5. The number of ketones is 2. The van der Waals surface area contributed by atoms with Gasteiger partial charge < -0.3 is 14.4 Å². The number of ether oxygens (including phenoxy) is 2. The number of nitrogens with zero attached hydrogens (tertiary/aromatic N) is 1. The van der Waals surface area contributed by atoms with Crippen LogP contribution in [-0.4, -0.2) is 30.2 Å². The summed E-state index contributed by atoms with van der Waals surface area (Å²) < 4.78 is 12.5. The molecule has 0 bridgehead atoms. The monoisotopic (exact) mass is 595 g/mol. The SMILES string of the molecule is C=CCOc1c(I)cc(C2C3=C(CCCC3=O)N(Cc3ccccc3)C3=C2C(=O)CCC3)cc1OC. The van der Waals surface area contributed by atoms with E-state index < -0.39 is 0 Å². The summed E-state index contributed by atoms with van der Waals surface area (Å²) in [6.07, 6.45) is 6.07. The molecule has 0 atom stereocenters. The summed E-state index contributed by atoms with van der Waals surface area (Å²) in [6, 6.07) is 14.3.